The first-order chi connectivity index (χ1) is 11.8. The van der Waals surface area contributed by atoms with E-state index in [4.69, 9.17) is 9.84 Å². The van der Waals surface area contributed by atoms with Crippen molar-refractivity contribution >= 4 is 15.9 Å². The number of aromatic nitrogens is 4. The SMILES string of the molecule is COc1ccc(C[C@H](NC(=O)O)c2nnn(CCS(C)(=O)=O)n2)cc1. The van der Waals surface area contributed by atoms with Gasteiger partial charge in [0.25, 0.3) is 0 Å². The molecule has 1 heterocycles. The Morgan fingerprint density at radius 3 is 2.60 bits per heavy atom. The average Bonchev–Trinajstić information content (AvgIpc) is 3.01. The van der Waals surface area contributed by atoms with Crippen molar-refractivity contribution in [3.63, 3.8) is 0 Å². The van der Waals surface area contributed by atoms with Gasteiger partial charge in [0.2, 0.25) is 0 Å². The first-order valence-corrected chi connectivity index (χ1v) is 9.40. The Morgan fingerprint density at radius 2 is 2.04 bits per heavy atom. The van der Waals surface area contributed by atoms with E-state index in [9.17, 15) is 13.2 Å². The molecule has 0 aliphatic carbocycles. The summed E-state index contributed by atoms with van der Waals surface area (Å²) >= 11 is 0. The van der Waals surface area contributed by atoms with Gasteiger partial charge in [-0.3, -0.25) is 0 Å². The van der Waals surface area contributed by atoms with Gasteiger partial charge in [-0.05, 0) is 22.9 Å². The number of nitrogens with one attached hydrogen (secondary N) is 1. The van der Waals surface area contributed by atoms with Gasteiger partial charge in [-0.15, -0.1) is 10.2 Å². The molecule has 0 saturated heterocycles. The molecule has 0 radical (unpaired) electrons. The Hall–Kier alpha value is -2.69. The van der Waals surface area contributed by atoms with Crippen LogP contribution in [0, 0.1) is 0 Å². The number of rotatable bonds is 8. The summed E-state index contributed by atoms with van der Waals surface area (Å²) in [4.78, 5) is 12.2. The van der Waals surface area contributed by atoms with Gasteiger partial charge in [-0.25, -0.2) is 13.2 Å². The quantitative estimate of drug-likeness (QED) is 0.677. The number of aryl methyl sites for hydroxylation is 1. The van der Waals surface area contributed by atoms with E-state index in [0.717, 1.165) is 16.6 Å². The molecule has 0 saturated carbocycles. The van der Waals surface area contributed by atoms with Crippen molar-refractivity contribution in [1.29, 1.82) is 0 Å². The van der Waals surface area contributed by atoms with Crippen molar-refractivity contribution in [3.05, 3.63) is 35.7 Å². The summed E-state index contributed by atoms with van der Waals surface area (Å²) in [7, 11) is -1.60. The fourth-order valence-corrected chi connectivity index (χ4v) is 2.59. The predicted molar refractivity (Wildman–Crippen MR) is 88.1 cm³/mol. The Balaban J connectivity index is 2.13. The lowest BCUT2D eigenvalue weighted by Crippen LogP contribution is -2.29. The highest BCUT2D eigenvalue weighted by molar-refractivity contribution is 7.90. The lowest BCUT2D eigenvalue weighted by atomic mass is 10.1. The minimum absolute atomic E-state index is 0.0498. The Morgan fingerprint density at radius 1 is 1.36 bits per heavy atom. The van der Waals surface area contributed by atoms with E-state index in [-0.39, 0.29) is 18.1 Å². The van der Waals surface area contributed by atoms with Crippen LogP contribution in [-0.2, 0) is 22.8 Å². The largest absolute Gasteiger partial charge is 0.497 e. The smallest absolute Gasteiger partial charge is 0.405 e. The number of hydrogen-bond donors (Lipinski definition) is 2. The molecule has 0 spiro atoms. The normalized spacial score (nSPS) is 12.6. The second-order valence-electron chi connectivity index (χ2n) is 5.43. The Kier molecular flexibility index (Phi) is 5.91. The van der Waals surface area contributed by atoms with Crippen molar-refractivity contribution < 1.29 is 23.1 Å². The zero-order valence-electron chi connectivity index (χ0n) is 13.8. The number of carboxylic acid groups (broad SMARTS) is 1. The van der Waals surface area contributed by atoms with Crippen LogP contribution in [0.1, 0.15) is 17.4 Å². The maximum atomic E-state index is 11.2. The summed E-state index contributed by atoms with van der Waals surface area (Å²) < 4.78 is 27.5. The van der Waals surface area contributed by atoms with Crippen LogP contribution < -0.4 is 10.1 Å². The summed E-state index contributed by atoms with van der Waals surface area (Å²) in [5.74, 6) is 0.737. The third kappa shape index (κ3) is 6.03. The van der Waals surface area contributed by atoms with Crippen LogP contribution in [0.15, 0.2) is 24.3 Å². The molecule has 2 rings (SSSR count). The maximum absolute atomic E-state index is 11.2. The lowest BCUT2D eigenvalue weighted by Gasteiger charge is -2.13. The number of carbonyl (C=O) groups is 1. The monoisotopic (exact) mass is 369 g/mol. The summed E-state index contributed by atoms with van der Waals surface area (Å²) in [5.41, 5.74) is 0.854. The van der Waals surface area contributed by atoms with Crippen LogP contribution in [0.3, 0.4) is 0 Å². The van der Waals surface area contributed by atoms with E-state index in [1.54, 1.807) is 19.2 Å². The van der Waals surface area contributed by atoms with E-state index < -0.39 is 22.0 Å². The summed E-state index contributed by atoms with van der Waals surface area (Å²) in [6.45, 7) is 0.0498. The van der Waals surface area contributed by atoms with Crippen LogP contribution in [-0.4, -0.2) is 58.9 Å². The van der Waals surface area contributed by atoms with E-state index in [1.807, 2.05) is 12.1 Å². The molecule has 1 amide bonds. The predicted octanol–water partition coefficient (Wildman–Crippen LogP) is 0.278. The Bertz CT molecular complexity index is 818. The third-order valence-electron chi connectivity index (χ3n) is 3.34. The van der Waals surface area contributed by atoms with Crippen molar-refractivity contribution in [3.8, 4) is 5.75 Å². The van der Waals surface area contributed by atoms with E-state index >= 15 is 0 Å². The van der Waals surface area contributed by atoms with Crippen LogP contribution in [0.5, 0.6) is 5.75 Å². The van der Waals surface area contributed by atoms with Gasteiger partial charge in [-0.2, -0.15) is 4.80 Å². The van der Waals surface area contributed by atoms with Gasteiger partial charge in [-0.1, -0.05) is 12.1 Å². The standard InChI is InChI=1S/C14H19N5O5S/c1-24-11-5-3-10(4-6-11)9-12(15-14(20)21)13-16-18-19(17-13)7-8-25(2,22)23/h3-6,12,15H,7-9H2,1-2H3,(H,20,21)/t12-/m0/s1. The number of nitrogens with zero attached hydrogens (tertiary/aromatic N) is 4. The molecule has 2 N–H and O–H groups in total. The van der Waals surface area contributed by atoms with E-state index in [2.05, 4.69) is 20.7 Å². The van der Waals surface area contributed by atoms with Gasteiger partial charge in [0.15, 0.2) is 5.82 Å². The summed E-state index contributed by atoms with van der Waals surface area (Å²) in [5, 5.41) is 23.1. The maximum Gasteiger partial charge on any atom is 0.405 e. The molecule has 0 aliphatic rings. The van der Waals surface area contributed by atoms with Crippen molar-refractivity contribution in [2.45, 2.75) is 19.0 Å². The number of ether oxygens (including phenoxy) is 1. The first kappa shape index (κ1) is 18.6. The molecule has 136 valence electrons. The second-order valence-corrected chi connectivity index (χ2v) is 7.69. The fourth-order valence-electron chi connectivity index (χ4n) is 2.09. The number of amides is 1. The average molecular weight is 369 g/mol. The molecule has 0 unspecified atom stereocenters. The first-order valence-electron chi connectivity index (χ1n) is 7.34. The number of tetrazole rings is 1. The molecule has 11 heteroatoms. The van der Waals surface area contributed by atoms with E-state index in [1.165, 1.54) is 0 Å². The molecular weight excluding hydrogens is 350 g/mol. The van der Waals surface area contributed by atoms with Crippen LogP contribution >= 0.6 is 0 Å². The fraction of sp³-hybridized carbons (Fsp3) is 0.429. The van der Waals surface area contributed by atoms with Crippen LogP contribution in [0.25, 0.3) is 0 Å². The van der Waals surface area contributed by atoms with Gasteiger partial charge < -0.3 is 15.2 Å². The van der Waals surface area contributed by atoms with Gasteiger partial charge >= 0.3 is 6.09 Å². The van der Waals surface area contributed by atoms with Crippen LogP contribution in [0.2, 0.25) is 0 Å². The highest BCUT2D eigenvalue weighted by Gasteiger charge is 2.20. The molecule has 0 fully saturated rings. The highest BCUT2D eigenvalue weighted by Crippen LogP contribution is 2.18. The molecule has 0 aliphatic heterocycles. The van der Waals surface area contributed by atoms with Crippen molar-refractivity contribution in [2.24, 2.45) is 0 Å². The molecule has 1 aromatic heterocycles. The second kappa shape index (κ2) is 7.92. The minimum Gasteiger partial charge on any atom is -0.497 e. The lowest BCUT2D eigenvalue weighted by molar-refractivity contribution is 0.189. The van der Waals surface area contributed by atoms with Crippen LogP contribution in [0.4, 0.5) is 4.79 Å². The zero-order chi connectivity index (χ0) is 18.4. The summed E-state index contributed by atoms with van der Waals surface area (Å²) in [6.07, 6.45) is 0.211. The molecule has 2 aromatic rings. The van der Waals surface area contributed by atoms with Crippen molar-refractivity contribution in [2.75, 3.05) is 19.1 Å². The van der Waals surface area contributed by atoms with E-state index in [0.29, 0.717) is 12.2 Å². The minimum atomic E-state index is -3.16. The molecule has 10 nitrogen and oxygen atoms in total. The van der Waals surface area contributed by atoms with Crippen molar-refractivity contribution in [1.82, 2.24) is 25.5 Å². The summed E-state index contributed by atoms with van der Waals surface area (Å²) in [6, 6.07) is 6.44. The number of sulfone groups is 1. The highest BCUT2D eigenvalue weighted by atomic mass is 32.2. The third-order valence-corrected chi connectivity index (χ3v) is 4.26. The zero-order valence-corrected chi connectivity index (χ0v) is 14.6. The topological polar surface area (TPSA) is 136 Å². The number of hydrogen-bond acceptors (Lipinski definition) is 7. The Labute approximate surface area is 144 Å². The molecule has 1 aromatic carbocycles. The number of benzene rings is 1. The molecular formula is C14H19N5O5S. The van der Waals surface area contributed by atoms with Gasteiger partial charge in [0.05, 0.1) is 19.4 Å². The molecule has 25 heavy (non-hydrogen) atoms. The molecule has 0 bridgehead atoms. The van der Waals surface area contributed by atoms with Gasteiger partial charge in [0.1, 0.15) is 21.6 Å². The number of methoxy groups -OCH3 is 1. The molecule has 1 atom stereocenters. The van der Waals surface area contributed by atoms with Gasteiger partial charge in [0, 0.05) is 12.7 Å².